The maximum Gasteiger partial charge on any atom is 0.258 e. The second-order valence-electron chi connectivity index (χ2n) is 9.35. The highest BCUT2D eigenvalue weighted by Gasteiger charge is 2.39. The number of imide groups is 1. The number of rotatable bonds is 9. The lowest BCUT2D eigenvalue weighted by Crippen LogP contribution is -2.48. The Morgan fingerprint density at radius 3 is 2.39 bits per heavy atom. The molecule has 198 valence electrons. The van der Waals surface area contributed by atoms with Crippen molar-refractivity contribution in [1.29, 1.82) is 0 Å². The Kier molecular flexibility index (Phi) is 7.67. The Hall–Kier alpha value is -4.38. The average molecular weight is 520 g/mol. The summed E-state index contributed by atoms with van der Waals surface area (Å²) in [4.78, 5) is 47.2. The van der Waals surface area contributed by atoms with Crippen molar-refractivity contribution in [1.82, 2.24) is 25.5 Å². The standard InChI is InChI=1S/C27H30FN7O3/c1-5-35(6-2)15-30-23(36)16-7-9-17(10-8-16)32-26-29-14-21(28)22(33-26)31-18-11-12-20-19(13-18)24(37)34-25(38)27(20,3)4/h7-14H,5-6,15H2,1-4H3,(H,30,36)(H,34,37,38)(H2,29,31,32,33). The van der Waals surface area contributed by atoms with Crippen LogP contribution >= 0.6 is 0 Å². The summed E-state index contributed by atoms with van der Waals surface area (Å²) in [7, 11) is 0. The van der Waals surface area contributed by atoms with Crippen molar-refractivity contribution in [2.45, 2.75) is 33.1 Å². The molecule has 4 rings (SSSR count). The van der Waals surface area contributed by atoms with Gasteiger partial charge in [0.15, 0.2) is 11.6 Å². The fourth-order valence-electron chi connectivity index (χ4n) is 4.02. The fraction of sp³-hybridized carbons (Fsp3) is 0.296. The van der Waals surface area contributed by atoms with Crippen LogP contribution in [0, 0.1) is 5.82 Å². The first-order valence-corrected chi connectivity index (χ1v) is 12.3. The molecule has 3 aromatic rings. The number of anilines is 4. The number of carbonyl (C=O) groups is 3. The molecular formula is C27H30FN7O3. The molecule has 0 saturated heterocycles. The molecule has 0 unspecified atom stereocenters. The van der Waals surface area contributed by atoms with E-state index in [-0.39, 0.29) is 23.6 Å². The number of nitrogens with zero attached hydrogens (tertiary/aromatic N) is 3. The summed E-state index contributed by atoms with van der Waals surface area (Å²) in [5, 5.41) is 11.1. The summed E-state index contributed by atoms with van der Waals surface area (Å²) in [6.45, 7) is 9.68. The van der Waals surface area contributed by atoms with E-state index in [0.717, 1.165) is 19.3 Å². The minimum absolute atomic E-state index is 0.0959. The van der Waals surface area contributed by atoms with E-state index in [0.29, 0.717) is 34.7 Å². The first-order valence-electron chi connectivity index (χ1n) is 12.3. The minimum Gasteiger partial charge on any atom is -0.339 e. The van der Waals surface area contributed by atoms with Crippen LogP contribution < -0.4 is 21.3 Å². The molecule has 38 heavy (non-hydrogen) atoms. The van der Waals surface area contributed by atoms with E-state index in [2.05, 4.69) is 36.1 Å². The Bertz CT molecular complexity index is 1370. The lowest BCUT2D eigenvalue weighted by Gasteiger charge is -2.30. The molecule has 2 aromatic carbocycles. The molecule has 0 atom stereocenters. The van der Waals surface area contributed by atoms with Crippen LogP contribution in [0.2, 0.25) is 0 Å². The number of aromatic nitrogens is 2. The van der Waals surface area contributed by atoms with E-state index in [9.17, 15) is 18.8 Å². The van der Waals surface area contributed by atoms with Crippen LogP contribution in [0.5, 0.6) is 0 Å². The van der Waals surface area contributed by atoms with Crippen molar-refractivity contribution in [2.24, 2.45) is 0 Å². The number of fused-ring (bicyclic) bond motifs is 1. The van der Waals surface area contributed by atoms with Gasteiger partial charge < -0.3 is 16.0 Å². The van der Waals surface area contributed by atoms with Gasteiger partial charge in [0.25, 0.3) is 11.8 Å². The van der Waals surface area contributed by atoms with Gasteiger partial charge in [0.1, 0.15) is 0 Å². The van der Waals surface area contributed by atoms with Crippen molar-refractivity contribution in [2.75, 3.05) is 30.4 Å². The third-order valence-corrected chi connectivity index (χ3v) is 6.50. The van der Waals surface area contributed by atoms with Crippen molar-refractivity contribution in [3.63, 3.8) is 0 Å². The zero-order chi connectivity index (χ0) is 27.4. The Balaban J connectivity index is 1.46. The van der Waals surface area contributed by atoms with Crippen LogP contribution in [0.25, 0.3) is 0 Å². The molecule has 0 aliphatic carbocycles. The Morgan fingerprint density at radius 1 is 1.03 bits per heavy atom. The summed E-state index contributed by atoms with van der Waals surface area (Å²) >= 11 is 0. The lowest BCUT2D eigenvalue weighted by molar-refractivity contribution is -0.125. The van der Waals surface area contributed by atoms with Crippen LogP contribution in [-0.2, 0) is 10.2 Å². The van der Waals surface area contributed by atoms with Crippen molar-refractivity contribution >= 4 is 40.9 Å². The molecule has 1 aliphatic heterocycles. The van der Waals surface area contributed by atoms with E-state index in [1.54, 1.807) is 56.3 Å². The third kappa shape index (κ3) is 5.62. The highest BCUT2D eigenvalue weighted by atomic mass is 19.1. The topological polar surface area (TPSA) is 128 Å². The lowest BCUT2D eigenvalue weighted by atomic mass is 9.78. The van der Waals surface area contributed by atoms with Gasteiger partial charge in [-0.25, -0.2) is 9.37 Å². The van der Waals surface area contributed by atoms with Gasteiger partial charge in [0.2, 0.25) is 11.9 Å². The number of hydrogen-bond donors (Lipinski definition) is 4. The predicted octanol–water partition coefficient (Wildman–Crippen LogP) is 3.68. The van der Waals surface area contributed by atoms with Crippen molar-refractivity contribution in [3.05, 3.63) is 71.2 Å². The average Bonchev–Trinajstić information content (AvgIpc) is 2.90. The largest absolute Gasteiger partial charge is 0.339 e. The zero-order valence-corrected chi connectivity index (χ0v) is 21.7. The summed E-state index contributed by atoms with van der Waals surface area (Å²) in [5.74, 6) is -1.71. The SMILES string of the molecule is CCN(CC)CNC(=O)c1ccc(Nc2ncc(F)c(Nc3ccc4c(c3)C(=O)NC(=O)C4(C)C)n2)cc1. The molecule has 0 radical (unpaired) electrons. The van der Waals surface area contributed by atoms with Gasteiger partial charge in [0.05, 0.1) is 18.3 Å². The normalized spacial score (nSPS) is 14.1. The molecule has 2 heterocycles. The first-order chi connectivity index (χ1) is 18.1. The van der Waals surface area contributed by atoms with Gasteiger partial charge in [0, 0.05) is 22.5 Å². The van der Waals surface area contributed by atoms with Crippen LogP contribution in [0.15, 0.2) is 48.7 Å². The van der Waals surface area contributed by atoms with Gasteiger partial charge in [-0.1, -0.05) is 19.9 Å². The quantitative estimate of drug-likeness (QED) is 0.249. The summed E-state index contributed by atoms with van der Waals surface area (Å²) < 4.78 is 14.5. The van der Waals surface area contributed by atoms with Crippen LogP contribution in [0.3, 0.4) is 0 Å². The number of halogens is 1. The molecule has 1 aliphatic rings. The Labute approximate surface area is 220 Å². The van der Waals surface area contributed by atoms with Gasteiger partial charge in [-0.05, 0) is 68.9 Å². The first kappa shape index (κ1) is 26.7. The fourth-order valence-corrected chi connectivity index (χ4v) is 4.02. The van der Waals surface area contributed by atoms with E-state index >= 15 is 0 Å². The molecule has 10 nitrogen and oxygen atoms in total. The van der Waals surface area contributed by atoms with Crippen LogP contribution in [0.4, 0.5) is 27.5 Å². The minimum atomic E-state index is -0.874. The molecule has 11 heteroatoms. The molecule has 3 amide bonds. The zero-order valence-electron chi connectivity index (χ0n) is 21.7. The number of carbonyl (C=O) groups excluding carboxylic acids is 3. The molecule has 1 aromatic heterocycles. The molecule has 0 spiro atoms. The van der Waals surface area contributed by atoms with Gasteiger partial charge in [-0.2, -0.15) is 4.98 Å². The van der Waals surface area contributed by atoms with Crippen molar-refractivity contribution < 1.29 is 18.8 Å². The molecule has 0 fully saturated rings. The predicted molar refractivity (Wildman–Crippen MR) is 142 cm³/mol. The summed E-state index contributed by atoms with van der Waals surface area (Å²) in [6.07, 6.45) is 1.03. The number of amides is 3. The highest BCUT2D eigenvalue weighted by molar-refractivity contribution is 6.13. The van der Waals surface area contributed by atoms with Crippen LogP contribution in [-0.4, -0.2) is 52.3 Å². The smallest absolute Gasteiger partial charge is 0.258 e. The van der Waals surface area contributed by atoms with E-state index < -0.39 is 17.1 Å². The summed E-state index contributed by atoms with van der Waals surface area (Å²) in [5.41, 5.74) is 1.58. The molecule has 0 saturated carbocycles. The van der Waals surface area contributed by atoms with Gasteiger partial charge >= 0.3 is 0 Å². The molecule has 4 N–H and O–H groups in total. The number of hydrogen-bond acceptors (Lipinski definition) is 8. The van der Waals surface area contributed by atoms with Gasteiger partial charge in [-0.3, -0.25) is 24.6 Å². The van der Waals surface area contributed by atoms with Crippen LogP contribution in [0.1, 0.15) is 54.0 Å². The number of nitrogens with one attached hydrogen (secondary N) is 4. The molecule has 0 bridgehead atoms. The van der Waals surface area contributed by atoms with E-state index in [1.807, 2.05) is 13.8 Å². The van der Waals surface area contributed by atoms with Gasteiger partial charge in [-0.15, -0.1) is 0 Å². The van der Waals surface area contributed by atoms with E-state index in [1.165, 1.54) is 0 Å². The highest BCUT2D eigenvalue weighted by Crippen LogP contribution is 2.33. The second kappa shape index (κ2) is 10.9. The maximum atomic E-state index is 14.5. The van der Waals surface area contributed by atoms with E-state index in [4.69, 9.17) is 0 Å². The Morgan fingerprint density at radius 2 is 1.71 bits per heavy atom. The number of benzene rings is 2. The maximum absolute atomic E-state index is 14.5. The van der Waals surface area contributed by atoms with Crippen molar-refractivity contribution in [3.8, 4) is 0 Å². The molecular weight excluding hydrogens is 489 g/mol. The summed E-state index contributed by atoms with van der Waals surface area (Å²) in [6, 6.07) is 11.6. The second-order valence-corrected chi connectivity index (χ2v) is 9.35. The third-order valence-electron chi connectivity index (χ3n) is 6.50. The monoisotopic (exact) mass is 519 g/mol.